The van der Waals surface area contributed by atoms with E-state index in [0.717, 1.165) is 23.1 Å². The molecule has 0 atom stereocenters. The fourth-order valence-corrected chi connectivity index (χ4v) is 1.29. The van der Waals surface area contributed by atoms with Crippen molar-refractivity contribution in [1.29, 1.82) is 0 Å². The van der Waals surface area contributed by atoms with Crippen molar-refractivity contribution in [2.75, 3.05) is 0 Å². The molecule has 2 heteroatoms. The Labute approximate surface area is 71.2 Å². The Kier molecular flexibility index (Phi) is 1.82. The molecule has 1 aromatic heterocycles. The molecule has 0 aliphatic rings. The van der Waals surface area contributed by atoms with E-state index < -0.39 is 0 Å². The maximum Gasteiger partial charge on any atom is 0.181 e. The van der Waals surface area contributed by atoms with Gasteiger partial charge in [-0.3, -0.25) is 0 Å². The van der Waals surface area contributed by atoms with Crippen LogP contribution >= 0.6 is 0 Å². The number of para-hydroxylation sites is 1. The second-order valence-corrected chi connectivity index (χ2v) is 2.66. The maximum absolute atomic E-state index is 5.17. The van der Waals surface area contributed by atoms with Crippen molar-refractivity contribution in [3.05, 3.63) is 36.6 Å². The molecule has 2 aromatic rings. The van der Waals surface area contributed by atoms with Crippen molar-refractivity contribution < 1.29 is 4.42 Å². The van der Waals surface area contributed by atoms with Crippen molar-refractivity contribution in [2.45, 2.75) is 13.3 Å². The van der Waals surface area contributed by atoms with Gasteiger partial charge in [-0.15, -0.1) is 0 Å². The zero-order valence-corrected chi connectivity index (χ0v) is 6.95. The van der Waals surface area contributed by atoms with Crippen LogP contribution in [0.4, 0.5) is 0 Å². The lowest BCUT2D eigenvalue weighted by Gasteiger charge is -1.96. The molecule has 61 valence electrons. The first-order chi connectivity index (χ1) is 5.92. The molecule has 1 heterocycles. The van der Waals surface area contributed by atoms with Crippen LogP contribution in [0.3, 0.4) is 0 Å². The highest BCUT2D eigenvalue weighted by Gasteiger charge is 2.02. The molecule has 0 aliphatic carbocycles. The van der Waals surface area contributed by atoms with Gasteiger partial charge >= 0.3 is 0 Å². The van der Waals surface area contributed by atoms with E-state index in [9.17, 15) is 0 Å². The van der Waals surface area contributed by atoms with E-state index >= 15 is 0 Å². The lowest BCUT2D eigenvalue weighted by Crippen LogP contribution is -1.81. The standard InChI is InChI=1S/C10H10NO/c1-2-4-8-5-3-6-9-10(8)11-7-12-9/h3-7H,2H2,1H3. The third-order valence-electron chi connectivity index (χ3n) is 1.82. The molecule has 12 heavy (non-hydrogen) atoms. The summed E-state index contributed by atoms with van der Waals surface area (Å²) in [5.41, 5.74) is 2.97. The molecule has 0 amide bonds. The molecule has 1 radical (unpaired) electrons. The SMILES string of the molecule is CC[CH]c1cccc2ocnc12. The lowest BCUT2D eigenvalue weighted by molar-refractivity contribution is 0.602. The zero-order chi connectivity index (χ0) is 8.39. The van der Waals surface area contributed by atoms with Gasteiger partial charge in [0, 0.05) is 0 Å². The molecule has 0 unspecified atom stereocenters. The summed E-state index contributed by atoms with van der Waals surface area (Å²) in [6.07, 6.45) is 4.65. The summed E-state index contributed by atoms with van der Waals surface area (Å²) in [7, 11) is 0. The fraction of sp³-hybridized carbons (Fsp3) is 0.200. The van der Waals surface area contributed by atoms with Crippen molar-refractivity contribution in [2.24, 2.45) is 0 Å². The minimum Gasteiger partial charge on any atom is -0.443 e. The van der Waals surface area contributed by atoms with Gasteiger partial charge in [-0.1, -0.05) is 19.1 Å². The summed E-state index contributed by atoms with van der Waals surface area (Å²) >= 11 is 0. The molecule has 0 aliphatic heterocycles. The van der Waals surface area contributed by atoms with Crippen LogP contribution in [0.25, 0.3) is 11.1 Å². The minimum absolute atomic E-state index is 0.859. The predicted molar refractivity (Wildman–Crippen MR) is 47.7 cm³/mol. The van der Waals surface area contributed by atoms with Gasteiger partial charge in [0.2, 0.25) is 0 Å². The van der Waals surface area contributed by atoms with Gasteiger partial charge in [0.25, 0.3) is 0 Å². The summed E-state index contributed by atoms with van der Waals surface area (Å²) in [5, 5.41) is 0. The van der Waals surface area contributed by atoms with Gasteiger partial charge in [0.15, 0.2) is 12.0 Å². The second-order valence-electron chi connectivity index (χ2n) is 2.66. The summed E-state index contributed by atoms with van der Waals surface area (Å²) in [5.74, 6) is 0. The van der Waals surface area contributed by atoms with E-state index in [4.69, 9.17) is 4.42 Å². The highest BCUT2D eigenvalue weighted by atomic mass is 16.3. The first kappa shape index (κ1) is 7.35. The van der Waals surface area contributed by atoms with Crippen LogP contribution in [0.5, 0.6) is 0 Å². The van der Waals surface area contributed by atoms with Crippen molar-refractivity contribution in [1.82, 2.24) is 4.98 Å². The summed E-state index contributed by atoms with van der Waals surface area (Å²) in [4.78, 5) is 4.14. The van der Waals surface area contributed by atoms with Crippen molar-refractivity contribution in [3.63, 3.8) is 0 Å². The largest absolute Gasteiger partial charge is 0.443 e. The third-order valence-corrected chi connectivity index (χ3v) is 1.82. The first-order valence-corrected chi connectivity index (χ1v) is 4.07. The molecule has 0 fully saturated rings. The summed E-state index contributed by atoms with van der Waals surface area (Å²) in [6, 6.07) is 5.96. The molecular weight excluding hydrogens is 150 g/mol. The third kappa shape index (κ3) is 1.09. The van der Waals surface area contributed by atoms with Crippen LogP contribution in [0, 0.1) is 6.42 Å². The van der Waals surface area contributed by atoms with Crippen LogP contribution in [-0.2, 0) is 0 Å². The van der Waals surface area contributed by atoms with Crippen LogP contribution in [0.2, 0.25) is 0 Å². The molecule has 0 saturated heterocycles. The Bertz CT molecular complexity index is 378. The van der Waals surface area contributed by atoms with Crippen LogP contribution in [0.15, 0.2) is 29.0 Å². The van der Waals surface area contributed by atoms with E-state index in [2.05, 4.69) is 18.3 Å². The Morgan fingerprint density at radius 3 is 3.25 bits per heavy atom. The number of rotatable bonds is 2. The molecule has 0 saturated carbocycles. The Hall–Kier alpha value is -1.31. The number of benzene rings is 1. The highest BCUT2D eigenvalue weighted by Crippen LogP contribution is 2.18. The van der Waals surface area contributed by atoms with E-state index in [1.165, 1.54) is 6.39 Å². The summed E-state index contributed by atoms with van der Waals surface area (Å²) < 4.78 is 5.17. The minimum atomic E-state index is 0.859. The van der Waals surface area contributed by atoms with E-state index in [-0.39, 0.29) is 0 Å². The van der Waals surface area contributed by atoms with Crippen molar-refractivity contribution >= 4 is 11.1 Å². The molecule has 2 rings (SSSR count). The Morgan fingerprint density at radius 1 is 1.50 bits per heavy atom. The number of aromatic nitrogens is 1. The van der Waals surface area contributed by atoms with Crippen LogP contribution < -0.4 is 0 Å². The van der Waals surface area contributed by atoms with Gasteiger partial charge in [-0.2, -0.15) is 0 Å². The van der Waals surface area contributed by atoms with E-state index in [0.29, 0.717) is 0 Å². The van der Waals surface area contributed by atoms with Gasteiger partial charge in [-0.25, -0.2) is 4.98 Å². The number of nitrogens with zero attached hydrogens (tertiary/aromatic N) is 1. The Balaban J connectivity index is 2.57. The molecule has 0 N–H and O–H groups in total. The molecule has 0 spiro atoms. The molecular formula is C10H10NO. The van der Waals surface area contributed by atoms with Crippen LogP contribution in [0.1, 0.15) is 18.9 Å². The number of fused-ring (bicyclic) bond motifs is 1. The molecule has 0 bridgehead atoms. The quantitative estimate of drug-likeness (QED) is 0.675. The fourth-order valence-electron chi connectivity index (χ4n) is 1.29. The predicted octanol–water partition coefficient (Wildman–Crippen LogP) is 2.79. The monoisotopic (exact) mass is 160 g/mol. The van der Waals surface area contributed by atoms with Crippen molar-refractivity contribution in [3.8, 4) is 0 Å². The Morgan fingerprint density at radius 2 is 2.42 bits per heavy atom. The molecule has 1 aromatic carbocycles. The van der Waals surface area contributed by atoms with Gasteiger partial charge in [0.1, 0.15) is 5.52 Å². The number of oxazole rings is 1. The van der Waals surface area contributed by atoms with Crippen LogP contribution in [-0.4, -0.2) is 4.98 Å². The highest BCUT2D eigenvalue weighted by molar-refractivity contribution is 5.77. The van der Waals surface area contributed by atoms with E-state index in [1.54, 1.807) is 0 Å². The average molecular weight is 160 g/mol. The summed E-state index contributed by atoms with van der Waals surface area (Å²) in [6.45, 7) is 2.11. The number of hydrogen-bond acceptors (Lipinski definition) is 2. The van der Waals surface area contributed by atoms with E-state index in [1.807, 2.05) is 18.2 Å². The smallest absolute Gasteiger partial charge is 0.181 e. The maximum atomic E-state index is 5.17. The normalized spacial score (nSPS) is 10.8. The topological polar surface area (TPSA) is 26.0 Å². The zero-order valence-electron chi connectivity index (χ0n) is 6.95. The van der Waals surface area contributed by atoms with Gasteiger partial charge < -0.3 is 4.42 Å². The second kappa shape index (κ2) is 2.97. The van der Waals surface area contributed by atoms with Gasteiger partial charge in [0.05, 0.1) is 0 Å². The first-order valence-electron chi connectivity index (χ1n) is 4.07. The number of hydrogen-bond donors (Lipinski definition) is 0. The van der Waals surface area contributed by atoms with Gasteiger partial charge in [-0.05, 0) is 24.5 Å². The molecule has 2 nitrogen and oxygen atoms in total. The lowest BCUT2D eigenvalue weighted by atomic mass is 10.1. The average Bonchev–Trinajstić information content (AvgIpc) is 2.53.